The fraction of sp³-hybridized carbons (Fsp3) is 0.263. The second-order valence-electron chi connectivity index (χ2n) is 5.87. The van der Waals surface area contributed by atoms with E-state index in [4.69, 9.17) is 9.84 Å². The molecule has 2 N–H and O–H groups in total. The van der Waals surface area contributed by atoms with Gasteiger partial charge < -0.3 is 15.2 Å². The number of carbonyl (C=O) groups excluding carboxylic acids is 1. The highest BCUT2D eigenvalue weighted by molar-refractivity contribution is 5.87. The number of nitrogens with one attached hydrogen (secondary N) is 1. The van der Waals surface area contributed by atoms with Gasteiger partial charge in [-0.05, 0) is 42.2 Å². The molecule has 1 heterocycles. The summed E-state index contributed by atoms with van der Waals surface area (Å²) < 4.78 is 5.64. The lowest BCUT2D eigenvalue weighted by Crippen LogP contribution is -2.38. The van der Waals surface area contributed by atoms with Crippen molar-refractivity contribution < 1.29 is 19.4 Å². The first kappa shape index (κ1) is 16.1. The maximum atomic E-state index is 12.3. The van der Waals surface area contributed by atoms with E-state index in [1.807, 2.05) is 30.3 Å². The molecule has 5 heteroatoms. The Bertz CT molecular complexity index is 757. The molecule has 2 aromatic rings. The number of para-hydroxylation sites is 1. The Hall–Kier alpha value is -2.82. The summed E-state index contributed by atoms with van der Waals surface area (Å²) in [6.45, 7) is 0.859. The number of benzene rings is 2. The Morgan fingerprint density at radius 2 is 2.00 bits per heavy atom. The number of carboxylic acid groups (broad SMARTS) is 1. The van der Waals surface area contributed by atoms with Gasteiger partial charge in [0.2, 0.25) is 5.91 Å². The molecule has 0 spiro atoms. The molecule has 0 bridgehead atoms. The first-order valence-corrected chi connectivity index (χ1v) is 7.94. The lowest BCUT2D eigenvalue weighted by molar-refractivity contribution is -0.126. The SMILES string of the molecule is O=C(O)c1cccc(CCNC(=O)C2COc3ccccc3C2)c1. The Morgan fingerprint density at radius 3 is 2.83 bits per heavy atom. The van der Waals surface area contributed by atoms with Gasteiger partial charge in [0.15, 0.2) is 0 Å². The molecular weight excluding hydrogens is 306 g/mol. The molecule has 5 nitrogen and oxygen atoms in total. The molecule has 0 radical (unpaired) electrons. The second kappa shape index (κ2) is 7.17. The number of hydrogen-bond donors (Lipinski definition) is 2. The topological polar surface area (TPSA) is 75.6 Å². The van der Waals surface area contributed by atoms with E-state index in [1.165, 1.54) is 0 Å². The van der Waals surface area contributed by atoms with Crippen LogP contribution in [0.4, 0.5) is 0 Å². The molecule has 1 aliphatic rings. The molecule has 0 aliphatic carbocycles. The standard InChI is InChI=1S/C19H19NO4/c21-18(16-11-14-5-1-2-7-17(14)24-12-16)20-9-8-13-4-3-6-15(10-13)19(22)23/h1-7,10,16H,8-9,11-12H2,(H,20,21)(H,22,23). The summed E-state index contributed by atoms with van der Waals surface area (Å²) in [5, 5.41) is 11.9. The summed E-state index contributed by atoms with van der Waals surface area (Å²) in [4.78, 5) is 23.2. The number of carboxylic acids is 1. The summed E-state index contributed by atoms with van der Waals surface area (Å²) in [6, 6.07) is 14.5. The van der Waals surface area contributed by atoms with Crippen LogP contribution in [0.2, 0.25) is 0 Å². The van der Waals surface area contributed by atoms with Crippen LogP contribution in [-0.4, -0.2) is 30.1 Å². The van der Waals surface area contributed by atoms with Gasteiger partial charge in [0.25, 0.3) is 0 Å². The van der Waals surface area contributed by atoms with Gasteiger partial charge in [0, 0.05) is 6.54 Å². The van der Waals surface area contributed by atoms with Crippen LogP contribution >= 0.6 is 0 Å². The van der Waals surface area contributed by atoms with Crippen LogP contribution in [-0.2, 0) is 17.6 Å². The largest absolute Gasteiger partial charge is 0.492 e. The number of hydrogen-bond acceptors (Lipinski definition) is 3. The van der Waals surface area contributed by atoms with Crippen molar-refractivity contribution in [3.63, 3.8) is 0 Å². The molecule has 1 amide bonds. The number of carbonyl (C=O) groups is 2. The van der Waals surface area contributed by atoms with Crippen LogP contribution < -0.4 is 10.1 Å². The van der Waals surface area contributed by atoms with Crippen LogP contribution in [0.5, 0.6) is 5.75 Å². The zero-order valence-electron chi connectivity index (χ0n) is 13.2. The number of amides is 1. The fourth-order valence-electron chi connectivity index (χ4n) is 2.83. The number of aromatic carboxylic acids is 1. The van der Waals surface area contributed by atoms with Gasteiger partial charge in [0.1, 0.15) is 12.4 Å². The molecule has 1 unspecified atom stereocenters. The molecular formula is C19H19NO4. The van der Waals surface area contributed by atoms with Gasteiger partial charge in [-0.1, -0.05) is 30.3 Å². The van der Waals surface area contributed by atoms with E-state index in [0.29, 0.717) is 26.0 Å². The van der Waals surface area contributed by atoms with Crippen LogP contribution in [0.3, 0.4) is 0 Å². The molecule has 0 aromatic heterocycles. The third-order valence-electron chi connectivity index (χ3n) is 4.14. The van der Waals surface area contributed by atoms with Crippen molar-refractivity contribution in [3.8, 4) is 5.75 Å². The summed E-state index contributed by atoms with van der Waals surface area (Å²) >= 11 is 0. The van der Waals surface area contributed by atoms with Gasteiger partial charge in [-0.25, -0.2) is 4.79 Å². The minimum absolute atomic E-state index is 0.0288. The molecule has 0 saturated carbocycles. The van der Waals surface area contributed by atoms with E-state index in [9.17, 15) is 9.59 Å². The molecule has 124 valence electrons. The highest BCUT2D eigenvalue weighted by Crippen LogP contribution is 2.26. The van der Waals surface area contributed by atoms with E-state index in [0.717, 1.165) is 16.9 Å². The molecule has 0 saturated heterocycles. The van der Waals surface area contributed by atoms with Crippen molar-refractivity contribution in [2.75, 3.05) is 13.2 Å². The zero-order chi connectivity index (χ0) is 16.9. The van der Waals surface area contributed by atoms with E-state index in [1.54, 1.807) is 18.2 Å². The smallest absolute Gasteiger partial charge is 0.335 e. The van der Waals surface area contributed by atoms with E-state index in [2.05, 4.69) is 5.32 Å². The van der Waals surface area contributed by atoms with Gasteiger partial charge >= 0.3 is 5.97 Å². The highest BCUT2D eigenvalue weighted by Gasteiger charge is 2.25. The van der Waals surface area contributed by atoms with Crippen molar-refractivity contribution in [1.29, 1.82) is 0 Å². The number of ether oxygens (including phenoxy) is 1. The third-order valence-corrected chi connectivity index (χ3v) is 4.14. The predicted molar refractivity (Wildman–Crippen MR) is 89.2 cm³/mol. The molecule has 1 aliphatic heterocycles. The first-order chi connectivity index (χ1) is 11.6. The minimum Gasteiger partial charge on any atom is -0.492 e. The van der Waals surface area contributed by atoms with Crippen LogP contribution in [0.1, 0.15) is 21.5 Å². The van der Waals surface area contributed by atoms with Crippen molar-refractivity contribution in [1.82, 2.24) is 5.32 Å². The molecule has 3 rings (SSSR count). The Kier molecular flexibility index (Phi) is 4.79. The maximum Gasteiger partial charge on any atom is 0.335 e. The minimum atomic E-state index is -0.945. The van der Waals surface area contributed by atoms with Crippen LogP contribution in [0.25, 0.3) is 0 Å². The first-order valence-electron chi connectivity index (χ1n) is 7.94. The van der Waals surface area contributed by atoms with Crippen molar-refractivity contribution in [3.05, 3.63) is 65.2 Å². The highest BCUT2D eigenvalue weighted by atomic mass is 16.5. The lowest BCUT2D eigenvalue weighted by Gasteiger charge is -2.24. The summed E-state index contributed by atoms with van der Waals surface area (Å²) in [7, 11) is 0. The predicted octanol–water partition coefficient (Wildman–Crippen LogP) is 2.29. The van der Waals surface area contributed by atoms with E-state index in [-0.39, 0.29) is 17.4 Å². The van der Waals surface area contributed by atoms with Crippen LogP contribution in [0.15, 0.2) is 48.5 Å². The summed E-state index contributed by atoms with van der Waals surface area (Å²) in [5.41, 5.74) is 2.20. The monoisotopic (exact) mass is 325 g/mol. The van der Waals surface area contributed by atoms with Crippen LogP contribution in [0, 0.1) is 5.92 Å². The normalized spacial score (nSPS) is 15.9. The summed E-state index contributed by atoms with van der Waals surface area (Å²) in [5.74, 6) is -0.310. The fourth-order valence-corrected chi connectivity index (χ4v) is 2.83. The van der Waals surface area contributed by atoms with E-state index >= 15 is 0 Å². The number of rotatable bonds is 5. The lowest BCUT2D eigenvalue weighted by atomic mass is 9.96. The van der Waals surface area contributed by atoms with Gasteiger partial charge in [-0.15, -0.1) is 0 Å². The zero-order valence-corrected chi connectivity index (χ0v) is 13.2. The molecule has 2 aromatic carbocycles. The second-order valence-corrected chi connectivity index (χ2v) is 5.87. The Labute approximate surface area is 140 Å². The Balaban J connectivity index is 1.51. The van der Waals surface area contributed by atoms with Crippen molar-refractivity contribution >= 4 is 11.9 Å². The van der Waals surface area contributed by atoms with Crippen molar-refractivity contribution in [2.45, 2.75) is 12.8 Å². The Morgan fingerprint density at radius 1 is 1.17 bits per heavy atom. The third kappa shape index (κ3) is 3.74. The summed E-state index contributed by atoms with van der Waals surface area (Å²) in [6.07, 6.45) is 1.27. The van der Waals surface area contributed by atoms with E-state index < -0.39 is 5.97 Å². The molecule has 24 heavy (non-hydrogen) atoms. The van der Waals surface area contributed by atoms with Gasteiger partial charge in [0.05, 0.1) is 11.5 Å². The number of fused-ring (bicyclic) bond motifs is 1. The average molecular weight is 325 g/mol. The van der Waals surface area contributed by atoms with Crippen molar-refractivity contribution in [2.24, 2.45) is 5.92 Å². The maximum absolute atomic E-state index is 12.3. The van der Waals surface area contributed by atoms with Gasteiger partial charge in [-0.3, -0.25) is 4.79 Å². The average Bonchev–Trinajstić information content (AvgIpc) is 2.61. The molecule has 0 fully saturated rings. The quantitative estimate of drug-likeness (QED) is 0.884. The van der Waals surface area contributed by atoms with Gasteiger partial charge in [-0.2, -0.15) is 0 Å². The molecule has 1 atom stereocenters.